The molecule has 0 amide bonds. The molecule has 0 aliphatic heterocycles. The molecule has 1 aliphatic rings. The molecule has 0 saturated heterocycles. The molecular weight excluding hydrogens is 316 g/mol. The third-order valence-electron chi connectivity index (χ3n) is 6.79. The highest BCUT2D eigenvalue weighted by Gasteiger charge is 2.41. The minimum absolute atomic E-state index is 0.138. The molecule has 3 rings (SSSR count). The topological polar surface area (TPSA) is 0 Å². The summed E-state index contributed by atoms with van der Waals surface area (Å²) >= 11 is 0. The van der Waals surface area contributed by atoms with Crippen molar-refractivity contribution in [3.8, 4) is 0 Å². The zero-order valence-corrected chi connectivity index (χ0v) is 17.5. The van der Waals surface area contributed by atoms with E-state index < -0.39 is 8.07 Å². The summed E-state index contributed by atoms with van der Waals surface area (Å²) < 4.78 is 0. The average molecular weight is 349 g/mol. The van der Waals surface area contributed by atoms with Gasteiger partial charge in [-0.15, -0.1) is 0 Å². The van der Waals surface area contributed by atoms with Crippen LogP contribution < -0.4 is 0 Å². The smallest absolute Gasteiger partial charge is 0.0568 e. The molecule has 1 aliphatic carbocycles. The van der Waals surface area contributed by atoms with E-state index in [-0.39, 0.29) is 5.41 Å². The van der Waals surface area contributed by atoms with Crippen molar-refractivity contribution in [2.24, 2.45) is 0 Å². The maximum atomic E-state index is 2.44. The van der Waals surface area contributed by atoms with E-state index in [2.05, 4.69) is 89.2 Å². The molecule has 0 N–H and O–H groups in total. The van der Waals surface area contributed by atoms with Gasteiger partial charge in [0, 0.05) is 5.41 Å². The molecule has 0 atom stereocenters. The molecule has 0 bridgehead atoms. The SMILES string of the molecule is CC[Si](CC)(CC)CC1=C(c2ccccc2)c2ccccc2C1(C)C. The Morgan fingerprint density at radius 2 is 1.32 bits per heavy atom. The highest BCUT2D eigenvalue weighted by atomic mass is 28.3. The number of fused-ring (bicyclic) bond motifs is 1. The summed E-state index contributed by atoms with van der Waals surface area (Å²) in [4.78, 5) is 0. The lowest BCUT2D eigenvalue weighted by Gasteiger charge is -2.34. The van der Waals surface area contributed by atoms with Crippen molar-refractivity contribution >= 4 is 13.6 Å². The predicted octanol–water partition coefficient (Wildman–Crippen LogP) is 7.29. The fourth-order valence-corrected chi connectivity index (χ4v) is 8.25. The molecular formula is C24H32Si. The molecule has 0 fully saturated rings. The van der Waals surface area contributed by atoms with Gasteiger partial charge in [0.2, 0.25) is 0 Å². The first-order valence-electron chi connectivity index (χ1n) is 9.88. The standard InChI is InChI=1S/C24H32Si/c1-6-25(7-2,8-3)18-22-23(19-14-10-9-11-15-19)20-16-12-13-17-21(20)24(22,4)5/h9-17H,6-8,18H2,1-5H3. The maximum Gasteiger partial charge on any atom is 0.0568 e. The van der Waals surface area contributed by atoms with Crippen LogP contribution in [0, 0.1) is 0 Å². The maximum absolute atomic E-state index is 2.44. The first kappa shape index (κ1) is 18.2. The number of allylic oxidation sites excluding steroid dienone is 1. The molecule has 0 spiro atoms. The van der Waals surface area contributed by atoms with Crippen LogP contribution in [0.2, 0.25) is 24.2 Å². The van der Waals surface area contributed by atoms with Crippen molar-refractivity contribution in [3.05, 3.63) is 76.9 Å². The van der Waals surface area contributed by atoms with Gasteiger partial charge in [-0.1, -0.05) is 113 Å². The molecule has 2 aromatic rings. The molecule has 25 heavy (non-hydrogen) atoms. The van der Waals surface area contributed by atoms with E-state index in [0.717, 1.165) is 0 Å². The van der Waals surface area contributed by atoms with Crippen molar-refractivity contribution in [1.29, 1.82) is 0 Å². The second-order valence-electron chi connectivity index (χ2n) is 8.13. The van der Waals surface area contributed by atoms with Crippen LogP contribution in [0.15, 0.2) is 60.2 Å². The summed E-state index contributed by atoms with van der Waals surface area (Å²) in [6.07, 6.45) is 0. The molecule has 0 aromatic heterocycles. The molecule has 0 heterocycles. The molecule has 0 unspecified atom stereocenters. The minimum atomic E-state index is -1.24. The van der Waals surface area contributed by atoms with Crippen LogP contribution in [-0.4, -0.2) is 8.07 Å². The van der Waals surface area contributed by atoms with Gasteiger partial charge in [0.1, 0.15) is 0 Å². The van der Waals surface area contributed by atoms with Crippen molar-refractivity contribution < 1.29 is 0 Å². The van der Waals surface area contributed by atoms with Gasteiger partial charge in [-0.25, -0.2) is 0 Å². The normalized spacial score (nSPS) is 16.2. The van der Waals surface area contributed by atoms with Crippen LogP contribution in [0.4, 0.5) is 0 Å². The van der Waals surface area contributed by atoms with E-state index in [1.807, 2.05) is 0 Å². The van der Waals surface area contributed by atoms with E-state index in [1.165, 1.54) is 46.4 Å². The molecule has 0 radical (unpaired) electrons. The van der Waals surface area contributed by atoms with E-state index >= 15 is 0 Å². The number of hydrogen-bond acceptors (Lipinski definition) is 0. The van der Waals surface area contributed by atoms with Crippen LogP contribution in [0.3, 0.4) is 0 Å². The van der Waals surface area contributed by atoms with Crippen LogP contribution in [0.5, 0.6) is 0 Å². The van der Waals surface area contributed by atoms with Crippen LogP contribution in [0.25, 0.3) is 5.57 Å². The van der Waals surface area contributed by atoms with Crippen LogP contribution in [0.1, 0.15) is 51.3 Å². The Kier molecular flexibility index (Phi) is 5.06. The molecule has 0 nitrogen and oxygen atoms in total. The van der Waals surface area contributed by atoms with Gasteiger partial charge in [-0.05, 0) is 28.3 Å². The second kappa shape index (κ2) is 6.95. The monoisotopic (exact) mass is 348 g/mol. The Hall–Kier alpha value is -1.60. The van der Waals surface area contributed by atoms with Gasteiger partial charge in [-0.3, -0.25) is 0 Å². The zero-order valence-electron chi connectivity index (χ0n) is 16.5. The Morgan fingerprint density at radius 1 is 0.760 bits per heavy atom. The van der Waals surface area contributed by atoms with Gasteiger partial charge in [0.15, 0.2) is 0 Å². The largest absolute Gasteiger partial charge is 0.0678 e. The van der Waals surface area contributed by atoms with E-state index in [0.29, 0.717) is 0 Å². The van der Waals surface area contributed by atoms with Crippen molar-refractivity contribution in [2.75, 3.05) is 0 Å². The zero-order chi connectivity index (χ0) is 18.1. The lowest BCUT2D eigenvalue weighted by molar-refractivity contribution is 0.635. The Bertz CT molecular complexity index is 755. The third kappa shape index (κ3) is 3.04. The van der Waals surface area contributed by atoms with Crippen molar-refractivity contribution in [2.45, 2.75) is 64.2 Å². The number of benzene rings is 2. The highest BCUT2D eigenvalue weighted by Crippen LogP contribution is 2.52. The summed E-state index contributed by atoms with van der Waals surface area (Å²) in [5.41, 5.74) is 7.71. The first-order valence-corrected chi connectivity index (χ1v) is 12.7. The summed E-state index contributed by atoms with van der Waals surface area (Å²) in [5, 5.41) is 0. The second-order valence-corrected chi connectivity index (χ2v) is 13.6. The minimum Gasteiger partial charge on any atom is -0.0678 e. The summed E-state index contributed by atoms with van der Waals surface area (Å²) in [5.74, 6) is 0. The quantitative estimate of drug-likeness (QED) is 0.481. The first-order chi connectivity index (χ1) is 12.0. The molecule has 1 heteroatoms. The van der Waals surface area contributed by atoms with Gasteiger partial charge in [0.05, 0.1) is 8.07 Å². The van der Waals surface area contributed by atoms with Gasteiger partial charge >= 0.3 is 0 Å². The highest BCUT2D eigenvalue weighted by molar-refractivity contribution is 6.80. The predicted molar refractivity (Wildman–Crippen MR) is 114 cm³/mol. The van der Waals surface area contributed by atoms with Gasteiger partial charge < -0.3 is 0 Å². The molecule has 0 saturated carbocycles. The van der Waals surface area contributed by atoms with Crippen molar-refractivity contribution in [3.63, 3.8) is 0 Å². The third-order valence-corrected chi connectivity index (χ3v) is 12.4. The lowest BCUT2D eigenvalue weighted by atomic mass is 9.82. The Balaban J connectivity index is 2.23. The summed E-state index contributed by atoms with van der Waals surface area (Å²) in [7, 11) is -1.24. The van der Waals surface area contributed by atoms with E-state index in [4.69, 9.17) is 0 Å². The average Bonchev–Trinajstić information content (AvgIpc) is 2.88. The van der Waals surface area contributed by atoms with Gasteiger partial charge in [-0.2, -0.15) is 0 Å². The lowest BCUT2D eigenvalue weighted by Crippen LogP contribution is -2.34. The van der Waals surface area contributed by atoms with Crippen LogP contribution >= 0.6 is 0 Å². The van der Waals surface area contributed by atoms with Crippen LogP contribution in [-0.2, 0) is 5.41 Å². The Labute approximate surface area is 155 Å². The fraction of sp³-hybridized carbons (Fsp3) is 0.417. The summed E-state index contributed by atoms with van der Waals surface area (Å²) in [6, 6.07) is 25.6. The number of hydrogen-bond donors (Lipinski definition) is 0. The fourth-order valence-electron chi connectivity index (χ4n) is 4.63. The van der Waals surface area contributed by atoms with E-state index in [1.54, 1.807) is 5.57 Å². The molecule has 132 valence electrons. The summed E-state index contributed by atoms with van der Waals surface area (Å²) in [6.45, 7) is 12.2. The Morgan fingerprint density at radius 3 is 1.92 bits per heavy atom. The van der Waals surface area contributed by atoms with E-state index in [9.17, 15) is 0 Å². The molecule has 2 aromatic carbocycles. The van der Waals surface area contributed by atoms with Gasteiger partial charge in [0.25, 0.3) is 0 Å². The number of rotatable bonds is 6. The van der Waals surface area contributed by atoms with Crippen molar-refractivity contribution in [1.82, 2.24) is 0 Å².